The molecule has 7 heteroatoms. The fourth-order valence-corrected chi connectivity index (χ4v) is 3.13. The highest BCUT2D eigenvalue weighted by molar-refractivity contribution is 5.93. The summed E-state index contributed by atoms with van der Waals surface area (Å²) in [6, 6.07) is 4.81. The highest BCUT2D eigenvalue weighted by Gasteiger charge is 2.34. The van der Waals surface area contributed by atoms with Crippen LogP contribution in [0.25, 0.3) is 0 Å². The lowest BCUT2D eigenvalue weighted by atomic mass is 9.96. The van der Waals surface area contributed by atoms with Gasteiger partial charge in [-0.1, -0.05) is 25.5 Å². The summed E-state index contributed by atoms with van der Waals surface area (Å²) < 4.78 is 38.9. The molecule has 1 saturated heterocycles. The van der Waals surface area contributed by atoms with E-state index in [0.29, 0.717) is 13.0 Å². The molecular formula is C17H23F3N2O2. The van der Waals surface area contributed by atoms with Crippen molar-refractivity contribution in [3.05, 3.63) is 29.8 Å². The van der Waals surface area contributed by atoms with Crippen molar-refractivity contribution >= 4 is 11.6 Å². The van der Waals surface area contributed by atoms with Crippen LogP contribution in [0.1, 0.15) is 38.2 Å². The summed E-state index contributed by atoms with van der Waals surface area (Å²) in [5, 5.41) is 12.4. The predicted molar refractivity (Wildman–Crippen MR) is 85.6 cm³/mol. The van der Waals surface area contributed by atoms with Gasteiger partial charge in [-0.2, -0.15) is 13.2 Å². The summed E-state index contributed by atoms with van der Waals surface area (Å²) in [4.78, 5) is 14.1. The number of benzene rings is 1. The summed E-state index contributed by atoms with van der Waals surface area (Å²) in [6.45, 7) is 2.51. The first-order valence-corrected chi connectivity index (χ1v) is 8.21. The lowest BCUT2D eigenvalue weighted by molar-refractivity contribution is -0.137. The van der Waals surface area contributed by atoms with Gasteiger partial charge in [0.2, 0.25) is 5.91 Å². The number of carbonyl (C=O) groups excluding carboxylic acids is 1. The molecule has 1 fully saturated rings. The van der Waals surface area contributed by atoms with Gasteiger partial charge in [0.25, 0.3) is 0 Å². The van der Waals surface area contributed by atoms with Crippen LogP contribution >= 0.6 is 0 Å². The van der Waals surface area contributed by atoms with E-state index in [-0.39, 0.29) is 18.3 Å². The molecule has 0 aliphatic carbocycles. The average molecular weight is 344 g/mol. The third-order valence-corrected chi connectivity index (χ3v) is 4.38. The Bertz CT molecular complexity index is 563. The molecule has 2 N–H and O–H groups in total. The molecule has 1 aromatic rings. The first-order chi connectivity index (χ1) is 11.3. The standard InChI is InChI=1S/C17H23F3N2O2/c1-2-15(23)14-9-5-6-10-22(14)11-16(24)21-13-8-4-3-7-12(13)17(18,19)20/h3-4,7-8,14-15,23H,2,5-6,9-11H2,1H3,(H,21,24). The molecule has 1 aliphatic rings. The zero-order chi connectivity index (χ0) is 17.7. The number of carbonyl (C=O) groups is 1. The summed E-state index contributed by atoms with van der Waals surface area (Å²) >= 11 is 0. The van der Waals surface area contributed by atoms with Crippen molar-refractivity contribution in [3.63, 3.8) is 0 Å². The molecule has 1 amide bonds. The van der Waals surface area contributed by atoms with E-state index >= 15 is 0 Å². The molecule has 24 heavy (non-hydrogen) atoms. The lowest BCUT2D eigenvalue weighted by Crippen LogP contribution is -2.49. The maximum atomic E-state index is 13.0. The van der Waals surface area contributed by atoms with Crippen LogP contribution in [-0.4, -0.2) is 41.1 Å². The Balaban J connectivity index is 2.05. The SMILES string of the molecule is CCC(O)C1CCCCN1CC(=O)Nc1ccccc1C(F)(F)F. The van der Waals surface area contributed by atoms with E-state index in [4.69, 9.17) is 0 Å². The molecule has 0 bridgehead atoms. The molecule has 2 rings (SSSR count). The highest BCUT2D eigenvalue weighted by Crippen LogP contribution is 2.34. The molecule has 0 saturated carbocycles. The van der Waals surface area contributed by atoms with Crippen LogP contribution < -0.4 is 5.32 Å². The Morgan fingerprint density at radius 2 is 2.08 bits per heavy atom. The number of halogens is 3. The van der Waals surface area contributed by atoms with E-state index in [9.17, 15) is 23.1 Å². The maximum absolute atomic E-state index is 13.0. The van der Waals surface area contributed by atoms with Crippen molar-refractivity contribution in [2.24, 2.45) is 0 Å². The number of aliphatic hydroxyl groups excluding tert-OH is 1. The number of nitrogens with one attached hydrogen (secondary N) is 1. The number of para-hydroxylation sites is 1. The van der Waals surface area contributed by atoms with E-state index in [0.717, 1.165) is 25.3 Å². The van der Waals surface area contributed by atoms with Crippen LogP contribution in [-0.2, 0) is 11.0 Å². The van der Waals surface area contributed by atoms with Crippen molar-refractivity contribution in [1.29, 1.82) is 0 Å². The van der Waals surface area contributed by atoms with E-state index in [1.807, 2.05) is 11.8 Å². The first-order valence-electron chi connectivity index (χ1n) is 8.21. The van der Waals surface area contributed by atoms with Crippen LogP contribution in [0.15, 0.2) is 24.3 Å². The second kappa shape index (κ2) is 7.98. The monoisotopic (exact) mass is 344 g/mol. The number of amides is 1. The van der Waals surface area contributed by atoms with Crippen molar-refractivity contribution in [2.75, 3.05) is 18.4 Å². The van der Waals surface area contributed by atoms with Gasteiger partial charge in [0, 0.05) is 6.04 Å². The number of aliphatic hydroxyl groups is 1. The number of alkyl halides is 3. The van der Waals surface area contributed by atoms with E-state index in [1.54, 1.807) is 0 Å². The Hall–Kier alpha value is -1.60. The molecule has 134 valence electrons. The maximum Gasteiger partial charge on any atom is 0.418 e. The van der Waals surface area contributed by atoms with Crippen molar-refractivity contribution < 1.29 is 23.1 Å². The van der Waals surface area contributed by atoms with Gasteiger partial charge in [0.05, 0.1) is 23.9 Å². The Kier molecular flexibility index (Phi) is 6.23. The van der Waals surface area contributed by atoms with Crippen molar-refractivity contribution in [2.45, 2.75) is 50.9 Å². The molecule has 2 atom stereocenters. The molecule has 0 radical (unpaired) electrons. The Morgan fingerprint density at radius 1 is 1.38 bits per heavy atom. The Labute approximate surface area is 139 Å². The quantitative estimate of drug-likeness (QED) is 0.862. The molecule has 0 aromatic heterocycles. The number of piperidine rings is 1. The van der Waals surface area contributed by atoms with E-state index in [2.05, 4.69) is 5.32 Å². The zero-order valence-electron chi connectivity index (χ0n) is 13.6. The van der Waals surface area contributed by atoms with Crippen LogP contribution in [0.3, 0.4) is 0 Å². The number of hydrogen-bond donors (Lipinski definition) is 2. The molecule has 2 unspecified atom stereocenters. The largest absolute Gasteiger partial charge is 0.418 e. The minimum Gasteiger partial charge on any atom is -0.392 e. The highest BCUT2D eigenvalue weighted by atomic mass is 19.4. The summed E-state index contributed by atoms with van der Waals surface area (Å²) in [6.07, 6.45) is -1.77. The van der Waals surface area contributed by atoms with Crippen molar-refractivity contribution in [1.82, 2.24) is 4.90 Å². The normalized spacial score (nSPS) is 20.6. The Morgan fingerprint density at radius 3 is 2.75 bits per heavy atom. The molecular weight excluding hydrogens is 321 g/mol. The minimum absolute atomic E-state index is 0.0199. The average Bonchev–Trinajstić information content (AvgIpc) is 2.54. The number of likely N-dealkylation sites (tertiary alicyclic amines) is 1. The molecule has 1 heterocycles. The molecule has 1 aromatic carbocycles. The van der Waals surface area contributed by atoms with E-state index < -0.39 is 23.8 Å². The summed E-state index contributed by atoms with van der Waals surface area (Å²) in [7, 11) is 0. The zero-order valence-corrected chi connectivity index (χ0v) is 13.6. The van der Waals surface area contributed by atoms with Gasteiger partial charge in [-0.05, 0) is 37.9 Å². The van der Waals surface area contributed by atoms with Gasteiger partial charge in [0.15, 0.2) is 0 Å². The first kappa shape index (κ1) is 18.7. The molecule has 4 nitrogen and oxygen atoms in total. The van der Waals surface area contributed by atoms with Crippen LogP contribution in [0.5, 0.6) is 0 Å². The lowest BCUT2D eigenvalue weighted by Gasteiger charge is -2.37. The fraction of sp³-hybridized carbons (Fsp3) is 0.588. The second-order valence-electron chi connectivity index (χ2n) is 6.10. The summed E-state index contributed by atoms with van der Waals surface area (Å²) in [5.74, 6) is -0.498. The van der Waals surface area contributed by atoms with Gasteiger partial charge in [-0.15, -0.1) is 0 Å². The van der Waals surface area contributed by atoms with Crippen LogP contribution in [0.2, 0.25) is 0 Å². The molecule has 1 aliphatic heterocycles. The van der Waals surface area contributed by atoms with Gasteiger partial charge < -0.3 is 10.4 Å². The van der Waals surface area contributed by atoms with E-state index in [1.165, 1.54) is 18.2 Å². The third-order valence-electron chi connectivity index (χ3n) is 4.38. The topological polar surface area (TPSA) is 52.6 Å². The van der Waals surface area contributed by atoms with Gasteiger partial charge in [-0.25, -0.2) is 0 Å². The number of anilines is 1. The predicted octanol–water partition coefficient (Wildman–Crippen LogP) is 3.27. The molecule has 0 spiro atoms. The smallest absolute Gasteiger partial charge is 0.392 e. The van der Waals surface area contributed by atoms with Gasteiger partial charge >= 0.3 is 6.18 Å². The number of nitrogens with zero attached hydrogens (tertiary/aromatic N) is 1. The van der Waals surface area contributed by atoms with Crippen LogP contribution in [0, 0.1) is 0 Å². The van der Waals surface area contributed by atoms with Gasteiger partial charge in [0.1, 0.15) is 0 Å². The number of hydrogen-bond acceptors (Lipinski definition) is 3. The second-order valence-corrected chi connectivity index (χ2v) is 6.10. The number of rotatable bonds is 5. The van der Waals surface area contributed by atoms with Gasteiger partial charge in [-0.3, -0.25) is 9.69 Å². The van der Waals surface area contributed by atoms with Crippen LogP contribution in [0.4, 0.5) is 18.9 Å². The fourth-order valence-electron chi connectivity index (χ4n) is 3.13. The summed E-state index contributed by atoms with van der Waals surface area (Å²) in [5.41, 5.74) is -1.10. The van der Waals surface area contributed by atoms with Crippen molar-refractivity contribution in [3.8, 4) is 0 Å². The third kappa shape index (κ3) is 4.70. The minimum atomic E-state index is -4.52.